The number of amides is 1. The Balaban J connectivity index is 1.63. The first kappa shape index (κ1) is 16.6. The van der Waals surface area contributed by atoms with Gasteiger partial charge >= 0.3 is 0 Å². The minimum absolute atomic E-state index is 0.0324. The number of aryl methyl sites for hydroxylation is 1. The van der Waals surface area contributed by atoms with Crippen molar-refractivity contribution in [1.82, 2.24) is 20.4 Å². The Labute approximate surface area is 139 Å². The molecule has 0 radical (unpaired) electrons. The molecule has 7 heteroatoms. The maximum atomic E-state index is 13.5. The molecule has 1 aliphatic rings. The van der Waals surface area contributed by atoms with Gasteiger partial charge in [-0.1, -0.05) is 6.07 Å². The molecule has 0 spiro atoms. The second-order valence-electron chi connectivity index (χ2n) is 5.97. The number of nitrogens with one attached hydrogen (secondary N) is 2. The van der Waals surface area contributed by atoms with Crippen LogP contribution < -0.4 is 10.6 Å². The van der Waals surface area contributed by atoms with Crippen molar-refractivity contribution in [3.8, 4) is 0 Å². The fourth-order valence-electron chi connectivity index (χ4n) is 3.08. The first-order valence-corrected chi connectivity index (χ1v) is 8.06. The molecule has 2 N–H and O–H groups in total. The summed E-state index contributed by atoms with van der Waals surface area (Å²) in [6.45, 7) is 1.90. The summed E-state index contributed by atoms with van der Waals surface area (Å²) in [4.78, 5) is 12.2. The van der Waals surface area contributed by atoms with E-state index in [-0.39, 0.29) is 17.9 Å². The van der Waals surface area contributed by atoms with Crippen LogP contribution in [0.5, 0.6) is 0 Å². The van der Waals surface area contributed by atoms with Crippen LogP contribution in [0.1, 0.15) is 24.3 Å². The number of piperidine rings is 1. The molecule has 1 amide bonds. The van der Waals surface area contributed by atoms with E-state index in [0.717, 1.165) is 19.0 Å². The predicted octanol–water partition coefficient (Wildman–Crippen LogP) is 1.81. The van der Waals surface area contributed by atoms with Crippen LogP contribution in [0.25, 0.3) is 0 Å². The number of carbonyl (C=O) groups excluding carboxylic acids is 1. The molecule has 2 unspecified atom stereocenters. The van der Waals surface area contributed by atoms with Gasteiger partial charge in [0.05, 0.1) is 0 Å². The van der Waals surface area contributed by atoms with Gasteiger partial charge in [-0.25, -0.2) is 8.78 Å². The second kappa shape index (κ2) is 7.53. The molecule has 1 aromatic carbocycles. The summed E-state index contributed by atoms with van der Waals surface area (Å²) >= 11 is 0. The highest BCUT2D eigenvalue weighted by atomic mass is 19.2. The van der Waals surface area contributed by atoms with Gasteiger partial charge in [0.2, 0.25) is 5.91 Å². The van der Waals surface area contributed by atoms with Crippen LogP contribution in [-0.4, -0.2) is 34.8 Å². The average molecular weight is 334 g/mol. The smallest absolute Gasteiger partial charge is 0.222 e. The molecule has 0 bridgehead atoms. The van der Waals surface area contributed by atoms with Crippen LogP contribution in [0.4, 0.5) is 8.78 Å². The molecule has 128 valence electrons. The molecule has 1 saturated heterocycles. The van der Waals surface area contributed by atoms with Crippen molar-refractivity contribution in [2.75, 3.05) is 13.1 Å². The lowest BCUT2D eigenvalue weighted by Crippen LogP contribution is -2.50. The zero-order valence-electron chi connectivity index (χ0n) is 13.2. The molecule has 1 aromatic heterocycles. The molecule has 2 aromatic rings. The van der Waals surface area contributed by atoms with Crippen LogP contribution >= 0.6 is 0 Å². The molecular weight excluding hydrogens is 314 g/mol. The Bertz CT molecular complexity index is 690. The van der Waals surface area contributed by atoms with Gasteiger partial charge in [-0.3, -0.25) is 9.48 Å². The maximum Gasteiger partial charge on any atom is 0.222 e. The minimum atomic E-state index is -0.854. The van der Waals surface area contributed by atoms with Gasteiger partial charge in [-0.2, -0.15) is 5.10 Å². The van der Waals surface area contributed by atoms with E-state index in [9.17, 15) is 13.6 Å². The summed E-state index contributed by atoms with van der Waals surface area (Å²) in [7, 11) is 0. The zero-order chi connectivity index (χ0) is 16.9. The molecule has 2 heterocycles. The van der Waals surface area contributed by atoms with Crippen molar-refractivity contribution < 1.29 is 13.6 Å². The van der Waals surface area contributed by atoms with Crippen LogP contribution in [0.15, 0.2) is 36.7 Å². The largest absolute Gasteiger partial charge is 0.351 e. The number of halogens is 2. The van der Waals surface area contributed by atoms with Crippen LogP contribution in [0, 0.1) is 11.6 Å². The Morgan fingerprint density at radius 1 is 1.38 bits per heavy atom. The molecule has 0 saturated carbocycles. The first-order valence-electron chi connectivity index (χ1n) is 8.06. The SMILES string of the molecule is O=C(CCn1cccn1)NC1CNCCC1c1ccc(F)c(F)c1. The van der Waals surface area contributed by atoms with Crippen molar-refractivity contribution in [2.45, 2.75) is 31.3 Å². The third-order valence-corrected chi connectivity index (χ3v) is 4.33. The fraction of sp³-hybridized carbons (Fsp3) is 0.412. The Morgan fingerprint density at radius 2 is 2.25 bits per heavy atom. The number of aromatic nitrogens is 2. The van der Waals surface area contributed by atoms with Gasteiger partial charge in [0.1, 0.15) is 0 Å². The number of rotatable bonds is 5. The van der Waals surface area contributed by atoms with E-state index in [0.29, 0.717) is 25.1 Å². The molecule has 3 rings (SSSR count). The van der Waals surface area contributed by atoms with Crippen molar-refractivity contribution >= 4 is 5.91 Å². The number of nitrogens with zero attached hydrogens (tertiary/aromatic N) is 2. The first-order chi connectivity index (χ1) is 11.6. The summed E-state index contributed by atoms with van der Waals surface area (Å²) in [5.41, 5.74) is 0.716. The normalized spacial score (nSPS) is 20.8. The van der Waals surface area contributed by atoms with Crippen LogP contribution in [-0.2, 0) is 11.3 Å². The number of hydrogen-bond acceptors (Lipinski definition) is 3. The van der Waals surface area contributed by atoms with Gasteiger partial charge in [0.15, 0.2) is 11.6 Å². The van der Waals surface area contributed by atoms with Crippen LogP contribution in [0.2, 0.25) is 0 Å². The third-order valence-electron chi connectivity index (χ3n) is 4.33. The number of hydrogen-bond donors (Lipinski definition) is 2. The second-order valence-corrected chi connectivity index (χ2v) is 5.97. The van der Waals surface area contributed by atoms with Gasteiger partial charge in [0.25, 0.3) is 0 Å². The molecule has 0 aliphatic carbocycles. The highest BCUT2D eigenvalue weighted by molar-refractivity contribution is 5.76. The van der Waals surface area contributed by atoms with E-state index >= 15 is 0 Å². The Hall–Kier alpha value is -2.28. The lowest BCUT2D eigenvalue weighted by Gasteiger charge is -2.33. The van der Waals surface area contributed by atoms with Crippen molar-refractivity contribution in [2.24, 2.45) is 0 Å². The topological polar surface area (TPSA) is 59.0 Å². The van der Waals surface area contributed by atoms with E-state index < -0.39 is 11.6 Å². The van der Waals surface area contributed by atoms with Gasteiger partial charge in [-0.15, -0.1) is 0 Å². The lowest BCUT2D eigenvalue weighted by atomic mass is 9.86. The van der Waals surface area contributed by atoms with E-state index in [2.05, 4.69) is 15.7 Å². The summed E-state index contributed by atoms with van der Waals surface area (Å²) < 4.78 is 28.4. The molecule has 5 nitrogen and oxygen atoms in total. The van der Waals surface area contributed by atoms with E-state index in [1.807, 2.05) is 6.07 Å². The van der Waals surface area contributed by atoms with E-state index in [4.69, 9.17) is 0 Å². The molecular formula is C17H20F2N4O. The highest BCUT2D eigenvalue weighted by Crippen LogP contribution is 2.27. The minimum Gasteiger partial charge on any atom is -0.351 e. The number of carbonyl (C=O) groups is 1. The summed E-state index contributed by atoms with van der Waals surface area (Å²) in [5, 5.41) is 10.3. The fourth-order valence-corrected chi connectivity index (χ4v) is 3.08. The zero-order valence-corrected chi connectivity index (χ0v) is 13.2. The van der Waals surface area contributed by atoms with Crippen LogP contribution in [0.3, 0.4) is 0 Å². The number of benzene rings is 1. The van der Waals surface area contributed by atoms with Gasteiger partial charge < -0.3 is 10.6 Å². The van der Waals surface area contributed by atoms with Gasteiger partial charge in [-0.05, 0) is 36.7 Å². The quantitative estimate of drug-likeness (QED) is 0.877. The highest BCUT2D eigenvalue weighted by Gasteiger charge is 2.28. The Morgan fingerprint density at radius 3 is 3.00 bits per heavy atom. The van der Waals surface area contributed by atoms with Crippen molar-refractivity contribution in [3.05, 3.63) is 53.9 Å². The molecule has 2 atom stereocenters. The summed E-state index contributed by atoms with van der Waals surface area (Å²) in [6, 6.07) is 5.63. The monoisotopic (exact) mass is 334 g/mol. The molecule has 24 heavy (non-hydrogen) atoms. The lowest BCUT2D eigenvalue weighted by molar-refractivity contribution is -0.122. The van der Waals surface area contributed by atoms with Crippen molar-refractivity contribution in [1.29, 1.82) is 0 Å². The molecule has 1 aliphatic heterocycles. The summed E-state index contributed by atoms with van der Waals surface area (Å²) in [6.07, 6.45) is 4.56. The van der Waals surface area contributed by atoms with Crippen molar-refractivity contribution in [3.63, 3.8) is 0 Å². The van der Waals surface area contributed by atoms with Gasteiger partial charge in [0, 0.05) is 43.9 Å². The average Bonchev–Trinajstić information content (AvgIpc) is 3.10. The predicted molar refractivity (Wildman–Crippen MR) is 85.4 cm³/mol. The standard InChI is InChI=1S/C17H20F2N4O/c18-14-3-2-12(10-15(14)19)13-4-7-20-11-16(13)22-17(24)5-9-23-8-1-6-21-23/h1-3,6,8,10,13,16,20H,4-5,7,9,11H2,(H,22,24). The Kier molecular flexibility index (Phi) is 5.20. The summed E-state index contributed by atoms with van der Waals surface area (Å²) in [5.74, 6) is -1.82. The van der Waals surface area contributed by atoms with E-state index in [1.54, 1.807) is 23.1 Å². The van der Waals surface area contributed by atoms with E-state index in [1.165, 1.54) is 6.07 Å². The molecule has 1 fully saturated rings. The maximum absolute atomic E-state index is 13.5. The third kappa shape index (κ3) is 3.97.